The predicted molar refractivity (Wildman–Crippen MR) is 80.2 cm³/mol. The van der Waals surface area contributed by atoms with Gasteiger partial charge in [-0.25, -0.2) is 0 Å². The van der Waals surface area contributed by atoms with Gasteiger partial charge in [-0.2, -0.15) is 0 Å². The fraction of sp³-hybridized carbons (Fsp3) is 0.158. The van der Waals surface area contributed by atoms with Gasteiger partial charge in [-0.1, -0.05) is 30.4 Å². The SMILES string of the molecule is C1=Cc2cc3c(cc2=C1)-c1ccc2c(c1C=3)CCC2. The van der Waals surface area contributed by atoms with Crippen molar-refractivity contribution in [3.05, 3.63) is 63.0 Å². The first-order valence-corrected chi connectivity index (χ1v) is 7.09. The van der Waals surface area contributed by atoms with E-state index in [1.165, 1.54) is 52.0 Å². The molecule has 3 aliphatic rings. The summed E-state index contributed by atoms with van der Waals surface area (Å²) in [5.74, 6) is 0. The lowest BCUT2D eigenvalue weighted by Gasteiger charge is -2.07. The Labute approximate surface area is 112 Å². The molecule has 0 saturated carbocycles. The van der Waals surface area contributed by atoms with Crippen LogP contribution in [0, 0.1) is 0 Å². The van der Waals surface area contributed by atoms with Gasteiger partial charge in [-0.05, 0) is 81.3 Å². The second-order valence-corrected chi connectivity index (χ2v) is 5.76. The molecule has 0 heterocycles. The van der Waals surface area contributed by atoms with Crippen molar-refractivity contribution in [3.8, 4) is 11.1 Å². The number of aryl methyl sites for hydroxylation is 1. The van der Waals surface area contributed by atoms with Crippen LogP contribution in [0.3, 0.4) is 0 Å². The van der Waals surface area contributed by atoms with Gasteiger partial charge in [0.2, 0.25) is 0 Å². The third-order valence-electron chi connectivity index (χ3n) is 4.72. The van der Waals surface area contributed by atoms with E-state index in [9.17, 15) is 0 Å². The summed E-state index contributed by atoms with van der Waals surface area (Å²) in [4.78, 5) is 0. The van der Waals surface area contributed by atoms with Gasteiger partial charge >= 0.3 is 0 Å². The maximum Gasteiger partial charge on any atom is -0.00987 e. The number of allylic oxidation sites excluding steroid dienone is 1. The summed E-state index contributed by atoms with van der Waals surface area (Å²) in [6.07, 6.45) is 12.8. The second kappa shape index (κ2) is 3.27. The molecule has 2 aromatic rings. The van der Waals surface area contributed by atoms with Crippen molar-refractivity contribution in [3.63, 3.8) is 0 Å². The van der Waals surface area contributed by atoms with Crippen LogP contribution in [0.25, 0.3) is 29.4 Å². The average molecular weight is 242 g/mol. The van der Waals surface area contributed by atoms with Crippen LogP contribution >= 0.6 is 0 Å². The minimum absolute atomic E-state index is 1.26. The van der Waals surface area contributed by atoms with Crippen LogP contribution < -0.4 is 10.4 Å². The number of rotatable bonds is 0. The second-order valence-electron chi connectivity index (χ2n) is 5.76. The lowest BCUT2D eigenvalue weighted by Crippen LogP contribution is -2.11. The normalized spacial score (nSPS) is 16.4. The number of fused-ring (bicyclic) bond motifs is 6. The molecule has 2 aromatic carbocycles. The van der Waals surface area contributed by atoms with Gasteiger partial charge < -0.3 is 0 Å². The molecule has 0 heteroatoms. The van der Waals surface area contributed by atoms with E-state index >= 15 is 0 Å². The maximum absolute atomic E-state index is 2.40. The summed E-state index contributed by atoms with van der Waals surface area (Å²) >= 11 is 0. The van der Waals surface area contributed by atoms with Gasteiger partial charge in [0.25, 0.3) is 0 Å². The number of hydrogen-bond donors (Lipinski definition) is 0. The zero-order valence-electron chi connectivity index (χ0n) is 10.7. The van der Waals surface area contributed by atoms with E-state index in [0.29, 0.717) is 0 Å². The lowest BCUT2D eigenvalue weighted by molar-refractivity contribution is 0.911. The van der Waals surface area contributed by atoms with Crippen molar-refractivity contribution in [2.24, 2.45) is 0 Å². The van der Waals surface area contributed by atoms with Gasteiger partial charge in [0.05, 0.1) is 0 Å². The van der Waals surface area contributed by atoms with E-state index in [1.807, 2.05) is 0 Å². The molecule has 0 spiro atoms. The molecule has 0 N–H and O–H groups in total. The first-order chi connectivity index (χ1) is 9.40. The minimum atomic E-state index is 1.26. The monoisotopic (exact) mass is 242 g/mol. The molecule has 0 aromatic heterocycles. The van der Waals surface area contributed by atoms with Crippen LogP contribution in [-0.2, 0) is 12.8 Å². The molecule has 5 rings (SSSR count). The molecule has 0 atom stereocenters. The van der Waals surface area contributed by atoms with Crippen LogP contribution in [0.4, 0.5) is 0 Å². The molecular weight excluding hydrogens is 228 g/mol. The summed E-state index contributed by atoms with van der Waals surface area (Å²) in [6, 6.07) is 9.37. The molecule has 0 amide bonds. The van der Waals surface area contributed by atoms with Crippen molar-refractivity contribution in [1.29, 1.82) is 0 Å². The first-order valence-electron chi connectivity index (χ1n) is 7.09. The molecule has 0 nitrogen and oxygen atoms in total. The molecule has 0 fully saturated rings. The van der Waals surface area contributed by atoms with E-state index in [4.69, 9.17) is 0 Å². The highest BCUT2D eigenvalue weighted by molar-refractivity contribution is 5.86. The van der Waals surface area contributed by atoms with Crippen LogP contribution in [0.1, 0.15) is 28.7 Å². The average Bonchev–Trinajstić information content (AvgIpc) is 3.12. The highest BCUT2D eigenvalue weighted by Gasteiger charge is 2.21. The third kappa shape index (κ3) is 1.19. The fourth-order valence-electron chi connectivity index (χ4n) is 3.80. The zero-order valence-corrected chi connectivity index (χ0v) is 10.7. The summed E-state index contributed by atoms with van der Waals surface area (Å²) in [7, 11) is 0. The summed E-state index contributed by atoms with van der Waals surface area (Å²) in [5.41, 5.74) is 8.90. The van der Waals surface area contributed by atoms with Gasteiger partial charge in [0, 0.05) is 0 Å². The van der Waals surface area contributed by atoms with Gasteiger partial charge in [-0.3, -0.25) is 0 Å². The lowest BCUT2D eigenvalue weighted by atomic mass is 9.97. The van der Waals surface area contributed by atoms with E-state index in [-0.39, 0.29) is 0 Å². The molecule has 3 aliphatic carbocycles. The zero-order chi connectivity index (χ0) is 12.4. The number of benzene rings is 2. The summed E-state index contributed by atoms with van der Waals surface area (Å²) in [6.45, 7) is 0. The highest BCUT2D eigenvalue weighted by Crippen LogP contribution is 2.35. The summed E-state index contributed by atoms with van der Waals surface area (Å²) < 4.78 is 0. The first kappa shape index (κ1) is 9.80. The van der Waals surface area contributed by atoms with Gasteiger partial charge in [-0.15, -0.1) is 0 Å². The van der Waals surface area contributed by atoms with Crippen molar-refractivity contribution in [2.75, 3.05) is 0 Å². The highest BCUT2D eigenvalue weighted by atomic mass is 14.2. The molecule has 90 valence electrons. The van der Waals surface area contributed by atoms with E-state index < -0.39 is 0 Å². The van der Waals surface area contributed by atoms with Crippen LogP contribution in [0.2, 0.25) is 0 Å². The largest absolute Gasteiger partial charge is 0.0610 e. The van der Waals surface area contributed by atoms with Crippen molar-refractivity contribution < 1.29 is 0 Å². The third-order valence-corrected chi connectivity index (χ3v) is 4.72. The van der Waals surface area contributed by atoms with Gasteiger partial charge in [0.1, 0.15) is 0 Å². The quantitative estimate of drug-likeness (QED) is 0.568. The molecule has 0 unspecified atom stereocenters. The van der Waals surface area contributed by atoms with E-state index in [0.717, 1.165) is 0 Å². The summed E-state index contributed by atoms with van der Waals surface area (Å²) in [5, 5.41) is 2.76. The Balaban J connectivity index is 1.88. The molecule has 0 radical (unpaired) electrons. The van der Waals surface area contributed by atoms with Crippen molar-refractivity contribution >= 4 is 18.2 Å². The van der Waals surface area contributed by atoms with Crippen molar-refractivity contribution in [1.82, 2.24) is 0 Å². The predicted octanol–water partition coefficient (Wildman–Crippen LogP) is 2.79. The Morgan fingerprint density at radius 3 is 2.89 bits per heavy atom. The Bertz CT molecular complexity index is 879. The molecule has 0 aliphatic heterocycles. The standard InChI is InChI=1S/C19H14/c1-4-13-9-15-11-19-16-6-2-3-12(16)7-8-17(19)18(15)10-14(13)5-1/h1,4-5,7-11H,2-3,6H2. The Kier molecular flexibility index (Phi) is 1.69. The smallest absolute Gasteiger partial charge is 0.00987 e. The molecule has 19 heavy (non-hydrogen) atoms. The Morgan fingerprint density at radius 1 is 0.895 bits per heavy atom. The van der Waals surface area contributed by atoms with Crippen molar-refractivity contribution in [2.45, 2.75) is 19.3 Å². The Hall–Kier alpha value is -2.08. The fourth-order valence-corrected chi connectivity index (χ4v) is 3.80. The van der Waals surface area contributed by atoms with E-state index in [2.05, 4.69) is 48.6 Å². The molecule has 0 saturated heterocycles. The van der Waals surface area contributed by atoms with Crippen LogP contribution in [-0.4, -0.2) is 0 Å². The van der Waals surface area contributed by atoms with E-state index in [1.54, 1.807) is 11.1 Å². The van der Waals surface area contributed by atoms with Gasteiger partial charge in [0.15, 0.2) is 0 Å². The van der Waals surface area contributed by atoms with Crippen LogP contribution in [0.5, 0.6) is 0 Å². The topological polar surface area (TPSA) is 0 Å². The minimum Gasteiger partial charge on any atom is -0.0610 e. The molecular formula is C19H14. The number of hydrogen-bond acceptors (Lipinski definition) is 0. The van der Waals surface area contributed by atoms with Crippen LogP contribution in [0.15, 0.2) is 30.3 Å². The Morgan fingerprint density at radius 2 is 1.89 bits per heavy atom. The maximum atomic E-state index is 2.40. The molecule has 0 bridgehead atoms.